The minimum atomic E-state index is -1.27. The van der Waals surface area contributed by atoms with Gasteiger partial charge in [0.05, 0.1) is 6.54 Å². The summed E-state index contributed by atoms with van der Waals surface area (Å²) in [4.78, 5) is 27.1. The number of aromatic carboxylic acids is 1. The summed E-state index contributed by atoms with van der Waals surface area (Å²) in [5.74, 6) is -1.27. The SMILES string of the molecule is O=C(O)c1cnc2ccn(Cc3ccccc3)n2c1=O. The third-order valence-corrected chi connectivity index (χ3v) is 3.04. The molecule has 0 fully saturated rings. The quantitative estimate of drug-likeness (QED) is 0.776. The number of nitrogens with zero attached hydrogens (tertiary/aromatic N) is 3. The minimum absolute atomic E-state index is 0.337. The molecule has 0 saturated heterocycles. The lowest BCUT2D eigenvalue weighted by Gasteiger charge is -2.07. The van der Waals surface area contributed by atoms with Crippen LogP contribution in [0.5, 0.6) is 0 Å². The molecule has 0 unspecified atom stereocenters. The first-order chi connectivity index (χ1) is 9.66. The van der Waals surface area contributed by atoms with Gasteiger partial charge in [0, 0.05) is 18.5 Å². The Balaban J connectivity index is 2.15. The smallest absolute Gasteiger partial charge is 0.343 e. The molecule has 2 heterocycles. The largest absolute Gasteiger partial charge is 0.477 e. The predicted molar refractivity (Wildman–Crippen MR) is 72.0 cm³/mol. The highest BCUT2D eigenvalue weighted by Gasteiger charge is 2.13. The molecule has 0 saturated carbocycles. The summed E-state index contributed by atoms with van der Waals surface area (Å²) in [5, 5.41) is 8.98. The molecule has 0 aliphatic carbocycles. The van der Waals surface area contributed by atoms with Gasteiger partial charge in [-0.05, 0) is 5.56 Å². The van der Waals surface area contributed by atoms with Crippen molar-refractivity contribution in [2.24, 2.45) is 0 Å². The molecule has 6 nitrogen and oxygen atoms in total. The van der Waals surface area contributed by atoms with Gasteiger partial charge in [-0.3, -0.25) is 9.48 Å². The second kappa shape index (κ2) is 4.65. The van der Waals surface area contributed by atoms with Crippen molar-refractivity contribution in [3.05, 3.63) is 70.3 Å². The molecular weight excluding hydrogens is 258 g/mol. The zero-order valence-electron chi connectivity index (χ0n) is 10.4. The fraction of sp³-hybridized carbons (Fsp3) is 0.0714. The Hall–Kier alpha value is -2.89. The summed E-state index contributed by atoms with van der Waals surface area (Å²) in [6.07, 6.45) is 2.80. The third kappa shape index (κ3) is 1.97. The number of rotatable bonds is 3. The molecule has 20 heavy (non-hydrogen) atoms. The molecule has 100 valence electrons. The van der Waals surface area contributed by atoms with Crippen LogP contribution in [0.1, 0.15) is 15.9 Å². The Morgan fingerprint density at radius 1 is 1.20 bits per heavy atom. The minimum Gasteiger partial charge on any atom is -0.477 e. The van der Waals surface area contributed by atoms with Crippen molar-refractivity contribution in [3.8, 4) is 0 Å². The van der Waals surface area contributed by atoms with Crippen LogP contribution in [0.4, 0.5) is 0 Å². The molecule has 2 aromatic heterocycles. The Morgan fingerprint density at radius 2 is 1.95 bits per heavy atom. The summed E-state index contributed by atoms with van der Waals surface area (Å²) in [5.41, 5.74) is 0.521. The Kier molecular flexibility index (Phi) is 2.83. The third-order valence-electron chi connectivity index (χ3n) is 3.04. The molecule has 3 rings (SSSR count). The van der Waals surface area contributed by atoms with E-state index in [-0.39, 0.29) is 5.56 Å². The average Bonchev–Trinajstić information content (AvgIpc) is 2.84. The number of carboxylic acids is 1. The maximum Gasteiger partial charge on any atom is 0.343 e. The van der Waals surface area contributed by atoms with Crippen molar-refractivity contribution in [1.29, 1.82) is 0 Å². The van der Waals surface area contributed by atoms with Crippen LogP contribution in [0, 0.1) is 0 Å². The summed E-state index contributed by atoms with van der Waals surface area (Å²) >= 11 is 0. The van der Waals surface area contributed by atoms with E-state index in [1.165, 1.54) is 4.52 Å². The van der Waals surface area contributed by atoms with Gasteiger partial charge in [0.1, 0.15) is 5.56 Å². The van der Waals surface area contributed by atoms with Crippen molar-refractivity contribution >= 4 is 11.6 Å². The second-order valence-electron chi connectivity index (χ2n) is 4.35. The molecule has 1 aromatic carbocycles. The summed E-state index contributed by atoms with van der Waals surface area (Å²) in [6, 6.07) is 11.3. The first-order valence-corrected chi connectivity index (χ1v) is 6.01. The molecule has 0 aliphatic rings. The number of aromatic nitrogens is 3. The van der Waals surface area contributed by atoms with Crippen LogP contribution in [0.3, 0.4) is 0 Å². The molecule has 1 N–H and O–H groups in total. The van der Waals surface area contributed by atoms with Gasteiger partial charge < -0.3 is 5.11 Å². The van der Waals surface area contributed by atoms with Crippen LogP contribution in [0.2, 0.25) is 0 Å². The van der Waals surface area contributed by atoms with Crippen molar-refractivity contribution < 1.29 is 9.90 Å². The van der Waals surface area contributed by atoms with Crippen LogP contribution in [0.15, 0.2) is 53.6 Å². The topological polar surface area (TPSA) is 76.6 Å². The van der Waals surface area contributed by atoms with Crippen molar-refractivity contribution in [3.63, 3.8) is 0 Å². The second-order valence-corrected chi connectivity index (χ2v) is 4.35. The predicted octanol–water partition coefficient (Wildman–Crippen LogP) is 1.24. The summed E-state index contributed by atoms with van der Waals surface area (Å²) in [7, 11) is 0. The van der Waals surface area contributed by atoms with Gasteiger partial charge in [0.15, 0.2) is 5.65 Å². The molecule has 3 aromatic rings. The van der Waals surface area contributed by atoms with E-state index >= 15 is 0 Å². The highest BCUT2D eigenvalue weighted by molar-refractivity contribution is 5.86. The monoisotopic (exact) mass is 269 g/mol. The van der Waals surface area contributed by atoms with E-state index in [9.17, 15) is 9.59 Å². The summed E-state index contributed by atoms with van der Waals surface area (Å²) < 4.78 is 2.92. The molecule has 6 heteroatoms. The number of hydrogen-bond acceptors (Lipinski definition) is 3. The van der Waals surface area contributed by atoms with Crippen LogP contribution >= 0.6 is 0 Å². The standard InChI is InChI=1S/C14H11N3O3/c18-13-11(14(19)20)8-15-12-6-7-16(17(12)13)9-10-4-2-1-3-5-10/h1-8H,9H2,(H,19,20). The van der Waals surface area contributed by atoms with E-state index in [1.54, 1.807) is 16.9 Å². The molecular formula is C14H11N3O3. The molecule has 0 amide bonds. The normalized spacial score (nSPS) is 10.8. The maximum absolute atomic E-state index is 12.2. The van der Waals surface area contributed by atoms with E-state index in [4.69, 9.17) is 5.11 Å². The van der Waals surface area contributed by atoms with Crippen LogP contribution in [0.25, 0.3) is 5.65 Å². The highest BCUT2D eigenvalue weighted by atomic mass is 16.4. The number of carbonyl (C=O) groups is 1. The zero-order valence-corrected chi connectivity index (χ0v) is 10.4. The average molecular weight is 269 g/mol. The first-order valence-electron chi connectivity index (χ1n) is 6.01. The lowest BCUT2D eigenvalue weighted by Crippen LogP contribution is -2.27. The molecule has 0 bridgehead atoms. The van der Waals surface area contributed by atoms with Crippen molar-refractivity contribution in [2.75, 3.05) is 0 Å². The van der Waals surface area contributed by atoms with Gasteiger partial charge in [0.25, 0.3) is 5.56 Å². The Labute approximate surface area is 113 Å². The van der Waals surface area contributed by atoms with E-state index in [1.807, 2.05) is 30.3 Å². The van der Waals surface area contributed by atoms with Crippen LogP contribution in [-0.4, -0.2) is 25.3 Å². The Morgan fingerprint density at radius 3 is 2.65 bits per heavy atom. The van der Waals surface area contributed by atoms with Gasteiger partial charge in [-0.1, -0.05) is 30.3 Å². The van der Waals surface area contributed by atoms with Crippen LogP contribution < -0.4 is 5.56 Å². The maximum atomic E-state index is 12.2. The zero-order chi connectivity index (χ0) is 14.1. The molecule has 0 radical (unpaired) electrons. The van der Waals surface area contributed by atoms with Gasteiger partial charge >= 0.3 is 5.97 Å². The van der Waals surface area contributed by atoms with Gasteiger partial charge in [0.2, 0.25) is 0 Å². The van der Waals surface area contributed by atoms with Gasteiger partial charge in [-0.2, -0.15) is 4.52 Å². The fourth-order valence-electron chi connectivity index (χ4n) is 2.08. The van der Waals surface area contributed by atoms with Crippen molar-refractivity contribution in [1.82, 2.24) is 14.2 Å². The summed E-state index contributed by atoms with van der Waals surface area (Å²) in [6.45, 7) is 0.467. The molecule has 0 spiro atoms. The number of hydrogen-bond donors (Lipinski definition) is 1. The van der Waals surface area contributed by atoms with E-state index in [0.717, 1.165) is 11.8 Å². The number of benzene rings is 1. The van der Waals surface area contributed by atoms with E-state index < -0.39 is 11.5 Å². The lowest BCUT2D eigenvalue weighted by atomic mass is 10.2. The van der Waals surface area contributed by atoms with E-state index in [0.29, 0.717) is 12.2 Å². The molecule has 0 aliphatic heterocycles. The molecule has 0 atom stereocenters. The Bertz CT molecular complexity index is 834. The van der Waals surface area contributed by atoms with Crippen LogP contribution in [-0.2, 0) is 6.54 Å². The van der Waals surface area contributed by atoms with Crippen molar-refractivity contribution in [2.45, 2.75) is 6.54 Å². The number of fused-ring (bicyclic) bond motifs is 1. The van der Waals surface area contributed by atoms with Gasteiger partial charge in [-0.25, -0.2) is 9.78 Å². The fourth-order valence-corrected chi connectivity index (χ4v) is 2.08. The first kappa shape index (κ1) is 12.2. The number of carboxylic acid groups (broad SMARTS) is 1. The van der Waals surface area contributed by atoms with Gasteiger partial charge in [-0.15, -0.1) is 0 Å². The van der Waals surface area contributed by atoms with E-state index in [2.05, 4.69) is 4.98 Å². The highest BCUT2D eigenvalue weighted by Crippen LogP contribution is 2.05. The lowest BCUT2D eigenvalue weighted by molar-refractivity contribution is 0.0694.